The van der Waals surface area contributed by atoms with Crippen molar-refractivity contribution >= 4 is 5.91 Å². The molecular weight excluding hydrogens is 292 g/mol. The van der Waals surface area contributed by atoms with Crippen molar-refractivity contribution in [3.8, 4) is 0 Å². The van der Waals surface area contributed by atoms with Crippen LogP contribution < -0.4 is 0 Å². The summed E-state index contributed by atoms with van der Waals surface area (Å²) in [5.41, 5.74) is 0.882. The minimum Gasteiger partial charge on any atom is -0.372 e. The molecule has 5 nitrogen and oxygen atoms in total. The fraction of sp³-hybridized carbons (Fsp3) is 0.667. The Morgan fingerprint density at radius 1 is 1.35 bits per heavy atom. The van der Waals surface area contributed by atoms with Gasteiger partial charge in [0.05, 0.1) is 30.6 Å². The number of carbonyl (C=O) groups is 1. The quantitative estimate of drug-likeness (QED) is 0.854. The van der Waals surface area contributed by atoms with Gasteiger partial charge in [0.2, 0.25) is 5.91 Å². The van der Waals surface area contributed by atoms with Crippen molar-refractivity contribution in [1.82, 2.24) is 9.88 Å². The summed E-state index contributed by atoms with van der Waals surface area (Å²) in [7, 11) is 0. The van der Waals surface area contributed by atoms with Gasteiger partial charge in [0.15, 0.2) is 0 Å². The molecule has 0 radical (unpaired) electrons. The highest BCUT2D eigenvalue weighted by Crippen LogP contribution is 2.39. The van der Waals surface area contributed by atoms with Gasteiger partial charge in [-0.2, -0.15) is 0 Å². The van der Waals surface area contributed by atoms with Crippen LogP contribution in [-0.2, 0) is 20.9 Å². The summed E-state index contributed by atoms with van der Waals surface area (Å²) >= 11 is 0. The van der Waals surface area contributed by atoms with E-state index in [1.165, 1.54) is 0 Å². The lowest BCUT2D eigenvalue weighted by atomic mass is 9.88. The van der Waals surface area contributed by atoms with E-state index in [2.05, 4.69) is 4.98 Å². The van der Waals surface area contributed by atoms with Gasteiger partial charge >= 0.3 is 0 Å². The number of pyridine rings is 1. The van der Waals surface area contributed by atoms with E-state index < -0.39 is 0 Å². The first-order valence-corrected chi connectivity index (χ1v) is 8.68. The lowest BCUT2D eigenvalue weighted by molar-refractivity contribution is -0.137. The third-order valence-corrected chi connectivity index (χ3v) is 5.28. The monoisotopic (exact) mass is 316 g/mol. The molecule has 0 N–H and O–H groups in total. The zero-order valence-corrected chi connectivity index (χ0v) is 13.4. The van der Waals surface area contributed by atoms with E-state index in [-0.39, 0.29) is 11.7 Å². The first-order chi connectivity index (χ1) is 11.2. The van der Waals surface area contributed by atoms with Crippen LogP contribution in [0.25, 0.3) is 0 Å². The van der Waals surface area contributed by atoms with E-state index in [4.69, 9.17) is 9.47 Å². The Morgan fingerprint density at radius 3 is 2.87 bits per heavy atom. The van der Waals surface area contributed by atoms with Crippen LogP contribution in [0.1, 0.15) is 37.8 Å². The standard InChI is InChI=1S/C18H24N2O3/c21-17(14-4-5-14)20-9-6-18(7-10-20)11-16(13-23-18)22-12-15-3-1-2-8-19-15/h1-3,8,14,16H,4-7,9-13H2/t16-/m0/s1. The number of aromatic nitrogens is 1. The molecule has 0 unspecified atom stereocenters. The molecule has 3 aliphatic rings. The van der Waals surface area contributed by atoms with E-state index in [9.17, 15) is 4.79 Å². The number of carbonyl (C=O) groups excluding carboxylic acids is 1. The van der Waals surface area contributed by atoms with Gasteiger partial charge in [-0.25, -0.2) is 0 Å². The molecule has 1 saturated carbocycles. The number of hydrogen-bond donors (Lipinski definition) is 0. The average molecular weight is 316 g/mol. The molecule has 1 aromatic rings. The third-order valence-electron chi connectivity index (χ3n) is 5.28. The number of rotatable bonds is 4. The second-order valence-corrected chi connectivity index (χ2v) is 7.05. The number of hydrogen-bond acceptors (Lipinski definition) is 4. The maximum absolute atomic E-state index is 12.1. The zero-order chi connectivity index (χ0) is 15.7. The first kappa shape index (κ1) is 15.1. The SMILES string of the molecule is O=C(C1CC1)N1CCC2(CC1)C[C@H](OCc1ccccn1)CO2. The van der Waals surface area contributed by atoms with Gasteiger partial charge in [0.1, 0.15) is 0 Å². The second-order valence-electron chi connectivity index (χ2n) is 7.05. The highest BCUT2D eigenvalue weighted by atomic mass is 16.6. The van der Waals surface area contributed by atoms with Crippen LogP contribution in [0.15, 0.2) is 24.4 Å². The highest BCUT2D eigenvalue weighted by molar-refractivity contribution is 5.81. The molecule has 4 rings (SSSR count). The fourth-order valence-corrected chi connectivity index (χ4v) is 3.67. The Kier molecular flexibility index (Phi) is 4.07. The van der Waals surface area contributed by atoms with Crippen molar-refractivity contribution in [2.45, 2.75) is 50.4 Å². The van der Waals surface area contributed by atoms with Gasteiger partial charge in [0, 0.05) is 31.6 Å². The van der Waals surface area contributed by atoms with Gasteiger partial charge in [-0.1, -0.05) is 6.07 Å². The van der Waals surface area contributed by atoms with Gasteiger partial charge < -0.3 is 14.4 Å². The number of ether oxygens (including phenoxy) is 2. The lowest BCUT2D eigenvalue weighted by Crippen LogP contribution is -2.47. The van der Waals surface area contributed by atoms with Crippen LogP contribution in [0, 0.1) is 5.92 Å². The topological polar surface area (TPSA) is 51.7 Å². The molecule has 1 aromatic heterocycles. The van der Waals surface area contributed by atoms with Gasteiger partial charge in [-0.3, -0.25) is 9.78 Å². The summed E-state index contributed by atoms with van der Waals surface area (Å²) in [6, 6.07) is 5.87. The van der Waals surface area contributed by atoms with Crippen LogP contribution >= 0.6 is 0 Å². The molecule has 1 aliphatic carbocycles. The van der Waals surface area contributed by atoms with Crippen LogP contribution in [-0.4, -0.2) is 47.2 Å². The molecule has 1 spiro atoms. The van der Waals surface area contributed by atoms with Crippen LogP contribution in [0.3, 0.4) is 0 Å². The molecule has 1 amide bonds. The van der Waals surface area contributed by atoms with Crippen molar-refractivity contribution in [2.24, 2.45) is 5.92 Å². The largest absolute Gasteiger partial charge is 0.372 e. The molecule has 0 bridgehead atoms. The molecule has 3 fully saturated rings. The van der Waals surface area contributed by atoms with E-state index in [0.717, 1.165) is 50.9 Å². The Hall–Kier alpha value is -1.46. The van der Waals surface area contributed by atoms with Crippen molar-refractivity contribution in [2.75, 3.05) is 19.7 Å². The van der Waals surface area contributed by atoms with E-state index >= 15 is 0 Å². The number of piperidine rings is 1. The molecular formula is C18H24N2O3. The Bertz CT molecular complexity index is 551. The van der Waals surface area contributed by atoms with Crippen LogP contribution in [0.5, 0.6) is 0 Å². The maximum Gasteiger partial charge on any atom is 0.225 e. The lowest BCUT2D eigenvalue weighted by Gasteiger charge is -2.38. The maximum atomic E-state index is 12.1. The molecule has 2 saturated heterocycles. The summed E-state index contributed by atoms with van der Waals surface area (Å²) in [6.07, 6.45) is 6.91. The third kappa shape index (κ3) is 3.40. The fourth-order valence-electron chi connectivity index (χ4n) is 3.67. The second kappa shape index (κ2) is 6.21. The Labute approximate surface area is 137 Å². The molecule has 2 aliphatic heterocycles. The van der Waals surface area contributed by atoms with Crippen molar-refractivity contribution in [1.29, 1.82) is 0 Å². The number of amides is 1. The predicted octanol–water partition coefficient (Wildman–Crippen LogP) is 2.16. The molecule has 124 valence electrons. The van der Waals surface area contributed by atoms with Crippen molar-refractivity contribution < 1.29 is 14.3 Å². The molecule has 1 atom stereocenters. The minimum atomic E-state index is -0.0743. The number of likely N-dealkylation sites (tertiary alicyclic amines) is 1. The minimum absolute atomic E-state index is 0.0743. The van der Waals surface area contributed by atoms with Gasteiger partial charge in [0.25, 0.3) is 0 Å². The smallest absolute Gasteiger partial charge is 0.225 e. The van der Waals surface area contributed by atoms with Crippen LogP contribution in [0.2, 0.25) is 0 Å². The molecule has 0 aromatic carbocycles. The highest BCUT2D eigenvalue weighted by Gasteiger charge is 2.45. The predicted molar refractivity (Wildman–Crippen MR) is 84.7 cm³/mol. The molecule has 3 heterocycles. The van der Waals surface area contributed by atoms with Gasteiger partial charge in [-0.05, 0) is 37.8 Å². The van der Waals surface area contributed by atoms with E-state index in [1.54, 1.807) is 6.20 Å². The molecule has 5 heteroatoms. The van der Waals surface area contributed by atoms with Crippen molar-refractivity contribution in [3.63, 3.8) is 0 Å². The molecule has 23 heavy (non-hydrogen) atoms. The summed E-state index contributed by atoms with van der Waals surface area (Å²) in [6.45, 7) is 2.87. The average Bonchev–Trinajstić information content (AvgIpc) is 3.37. The summed E-state index contributed by atoms with van der Waals surface area (Å²) in [5.74, 6) is 0.684. The van der Waals surface area contributed by atoms with Crippen LogP contribution in [0.4, 0.5) is 0 Å². The summed E-state index contributed by atoms with van der Waals surface area (Å²) in [4.78, 5) is 18.5. The number of nitrogens with zero attached hydrogens (tertiary/aromatic N) is 2. The zero-order valence-electron chi connectivity index (χ0n) is 13.4. The summed E-state index contributed by atoms with van der Waals surface area (Å²) in [5, 5.41) is 0. The van der Waals surface area contributed by atoms with E-state index in [1.807, 2.05) is 23.1 Å². The Balaban J connectivity index is 1.26. The normalized spacial score (nSPS) is 26.6. The Morgan fingerprint density at radius 2 is 2.17 bits per heavy atom. The van der Waals surface area contributed by atoms with E-state index in [0.29, 0.717) is 25.0 Å². The van der Waals surface area contributed by atoms with Crippen molar-refractivity contribution in [3.05, 3.63) is 30.1 Å². The van der Waals surface area contributed by atoms with Gasteiger partial charge in [-0.15, -0.1) is 0 Å². The first-order valence-electron chi connectivity index (χ1n) is 8.68. The summed E-state index contributed by atoms with van der Waals surface area (Å²) < 4.78 is 12.1.